The number of hydrogen-bond donors (Lipinski definition) is 2. The molecule has 0 amide bonds. The van der Waals surface area contributed by atoms with E-state index in [-0.39, 0.29) is 0 Å². The molecular weight excluding hydrogens is 264 g/mol. The van der Waals surface area contributed by atoms with Crippen LogP contribution in [0.2, 0.25) is 0 Å². The number of nitrogens with one attached hydrogen (secondary N) is 1. The third kappa shape index (κ3) is 3.54. The maximum absolute atomic E-state index is 11.8. The lowest BCUT2D eigenvalue weighted by Gasteiger charge is -2.12. The fourth-order valence-corrected chi connectivity index (χ4v) is 2.04. The lowest BCUT2D eigenvalue weighted by atomic mass is 10.1. The average Bonchev–Trinajstić information content (AvgIpc) is 2.50. The van der Waals surface area contributed by atoms with Gasteiger partial charge in [0.05, 0.1) is 23.5 Å². The average molecular weight is 284 g/mol. The second kappa shape index (κ2) is 6.79. The Morgan fingerprint density at radius 3 is 2.48 bits per heavy atom. The van der Waals surface area contributed by atoms with Crippen molar-refractivity contribution in [1.82, 2.24) is 0 Å². The molecular formula is C17H20N2O2. The molecule has 0 fully saturated rings. The molecule has 0 saturated carbocycles. The van der Waals surface area contributed by atoms with Crippen LogP contribution in [-0.4, -0.2) is 12.6 Å². The van der Waals surface area contributed by atoms with Gasteiger partial charge >= 0.3 is 5.97 Å². The summed E-state index contributed by atoms with van der Waals surface area (Å²) in [6, 6.07) is 13.4. The minimum atomic E-state index is -0.403. The molecule has 3 N–H and O–H groups in total. The molecule has 0 heterocycles. The van der Waals surface area contributed by atoms with Crippen molar-refractivity contribution in [2.45, 2.75) is 20.3 Å². The van der Waals surface area contributed by atoms with E-state index in [1.807, 2.05) is 18.2 Å². The highest BCUT2D eigenvalue weighted by atomic mass is 16.5. The summed E-state index contributed by atoms with van der Waals surface area (Å²) < 4.78 is 5.00. The monoisotopic (exact) mass is 284 g/mol. The number of rotatable bonds is 5. The van der Waals surface area contributed by atoms with E-state index < -0.39 is 5.97 Å². The topological polar surface area (TPSA) is 64.3 Å². The molecule has 0 saturated heterocycles. The molecule has 0 bridgehead atoms. The molecule has 0 aliphatic heterocycles. The minimum absolute atomic E-state index is 0.328. The van der Waals surface area contributed by atoms with Crippen LogP contribution in [0, 0.1) is 0 Å². The lowest BCUT2D eigenvalue weighted by molar-refractivity contribution is 0.0527. The number of benzene rings is 2. The highest BCUT2D eigenvalue weighted by molar-refractivity contribution is 5.98. The Kier molecular flexibility index (Phi) is 4.82. The van der Waals surface area contributed by atoms with Gasteiger partial charge in [0.15, 0.2) is 0 Å². The van der Waals surface area contributed by atoms with Crippen LogP contribution in [0.15, 0.2) is 42.5 Å². The highest BCUT2D eigenvalue weighted by Crippen LogP contribution is 2.27. The summed E-state index contributed by atoms with van der Waals surface area (Å²) >= 11 is 0. The van der Waals surface area contributed by atoms with Crippen LogP contribution >= 0.6 is 0 Å². The summed E-state index contributed by atoms with van der Waals surface area (Å²) in [5.41, 5.74) is 9.74. The third-order valence-electron chi connectivity index (χ3n) is 3.24. The summed E-state index contributed by atoms with van der Waals surface area (Å²) in [6.45, 7) is 4.21. The zero-order valence-electron chi connectivity index (χ0n) is 12.3. The summed E-state index contributed by atoms with van der Waals surface area (Å²) in [6.07, 6.45) is 1.00. The first-order valence-electron chi connectivity index (χ1n) is 7.07. The van der Waals surface area contributed by atoms with Crippen LogP contribution in [0.5, 0.6) is 0 Å². The van der Waals surface area contributed by atoms with Crippen molar-refractivity contribution in [3.63, 3.8) is 0 Å². The first-order chi connectivity index (χ1) is 10.2. The molecule has 4 heteroatoms. The van der Waals surface area contributed by atoms with Crippen LogP contribution in [0.3, 0.4) is 0 Å². The first kappa shape index (κ1) is 14.9. The van der Waals surface area contributed by atoms with Gasteiger partial charge in [0.2, 0.25) is 0 Å². The van der Waals surface area contributed by atoms with Crippen molar-refractivity contribution in [1.29, 1.82) is 0 Å². The van der Waals surface area contributed by atoms with Crippen molar-refractivity contribution < 1.29 is 9.53 Å². The van der Waals surface area contributed by atoms with Crippen molar-refractivity contribution in [3.8, 4) is 0 Å². The standard InChI is InChI=1S/C17H20N2O2/c1-3-12-8-10-13(11-9-12)19-15-7-5-6-14(16(15)18)17(20)21-4-2/h5-11,19H,3-4,18H2,1-2H3. The summed E-state index contributed by atoms with van der Waals surface area (Å²) in [5.74, 6) is -0.403. The molecule has 2 aromatic rings. The van der Waals surface area contributed by atoms with Crippen LogP contribution < -0.4 is 11.1 Å². The summed E-state index contributed by atoms with van der Waals surface area (Å²) in [5, 5.41) is 3.23. The van der Waals surface area contributed by atoms with Crippen molar-refractivity contribution in [2.75, 3.05) is 17.7 Å². The van der Waals surface area contributed by atoms with Gasteiger partial charge in [-0.05, 0) is 43.2 Å². The number of hydrogen-bond acceptors (Lipinski definition) is 4. The van der Waals surface area contributed by atoms with Crippen molar-refractivity contribution >= 4 is 23.0 Å². The van der Waals surface area contributed by atoms with Gasteiger partial charge in [-0.3, -0.25) is 0 Å². The smallest absolute Gasteiger partial charge is 0.340 e. The second-order valence-electron chi connectivity index (χ2n) is 4.66. The molecule has 0 aliphatic rings. The second-order valence-corrected chi connectivity index (χ2v) is 4.66. The largest absolute Gasteiger partial charge is 0.462 e. The number of aryl methyl sites for hydroxylation is 1. The van der Waals surface area contributed by atoms with E-state index >= 15 is 0 Å². The zero-order chi connectivity index (χ0) is 15.2. The highest BCUT2D eigenvalue weighted by Gasteiger charge is 2.13. The third-order valence-corrected chi connectivity index (χ3v) is 3.24. The normalized spacial score (nSPS) is 10.2. The Hall–Kier alpha value is -2.49. The van der Waals surface area contributed by atoms with Gasteiger partial charge in [0.1, 0.15) is 0 Å². The SMILES string of the molecule is CCOC(=O)c1cccc(Nc2ccc(CC)cc2)c1N. The number of para-hydroxylation sites is 1. The van der Waals surface area contributed by atoms with Crippen LogP contribution in [-0.2, 0) is 11.2 Å². The van der Waals surface area contributed by atoms with Gasteiger partial charge in [-0.2, -0.15) is 0 Å². The van der Waals surface area contributed by atoms with E-state index in [4.69, 9.17) is 10.5 Å². The Bertz CT molecular complexity index is 621. The summed E-state index contributed by atoms with van der Waals surface area (Å²) in [7, 11) is 0. The minimum Gasteiger partial charge on any atom is -0.462 e. The Morgan fingerprint density at radius 2 is 1.86 bits per heavy atom. The molecule has 21 heavy (non-hydrogen) atoms. The molecule has 4 nitrogen and oxygen atoms in total. The molecule has 2 aromatic carbocycles. The molecule has 110 valence electrons. The van der Waals surface area contributed by atoms with E-state index in [2.05, 4.69) is 24.4 Å². The summed E-state index contributed by atoms with van der Waals surface area (Å²) in [4.78, 5) is 11.8. The van der Waals surface area contributed by atoms with Gasteiger partial charge in [0.25, 0.3) is 0 Å². The molecule has 0 aromatic heterocycles. The van der Waals surface area contributed by atoms with Crippen molar-refractivity contribution in [3.05, 3.63) is 53.6 Å². The predicted octanol–water partition coefficient (Wildman–Crippen LogP) is 3.75. The number of carbonyl (C=O) groups is 1. The predicted molar refractivity (Wildman–Crippen MR) is 85.9 cm³/mol. The van der Waals surface area contributed by atoms with E-state index in [1.165, 1.54) is 5.56 Å². The van der Waals surface area contributed by atoms with Crippen LogP contribution in [0.1, 0.15) is 29.8 Å². The number of anilines is 3. The van der Waals surface area contributed by atoms with E-state index in [1.54, 1.807) is 19.1 Å². The maximum Gasteiger partial charge on any atom is 0.340 e. The molecule has 0 atom stereocenters. The fraction of sp³-hybridized carbons (Fsp3) is 0.235. The van der Waals surface area contributed by atoms with Gasteiger partial charge in [-0.1, -0.05) is 25.1 Å². The fourth-order valence-electron chi connectivity index (χ4n) is 2.04. The maximum atomic E-state index is 11.8. The van der Waals surface area contributed by atoms with E-state index in [9.17, 15) is 4.79 Å². The van der Waals surface area contributed by atoms with Crippen LogP contribution in [0.4, 0.5) is 17.1 Å². The molecule has 0 aliphatic carbocycles. The Morgan fingerprint density at radius 1 is 1.14 bits per heavy atom. The molecule has 0 unspecified atom stereocenters. The number of nitrogens with two attached hydrogens (primary N) is 1. The number of nitrogen functional groups attached to an aromatic ring is 1. The van der Waals surface area contributed by atoms with Gasteiger partial charge in [-0.15, -0.1) is 0 Å². The van der Waals surface area contributed by atoms with E-state index in [0.717, 1.165) is 12.1 Å². The van der Waals surface area contributed by atoms with Crippen molar-refractivity contribution in [2.24, 2.45) is 0 Å². The first-order valence-corrected chi connectivity index (χ1v) is 7.07. The van der Waals surface area contributed by atoms with Gasteiger partial charge < -0.3 is 15.8 Å². The zero-order valence-corrected chi connectivity index (χ0v) is 12.3. The van der Waals surface area contributed by atoms with Gasteiger partial charge in [0, 0.05) is 5.69 Å². The van der Waals surface area contributed by atoms with E-state index in [0.29, 0.717) is 23.5 Å². The number of ether oxygens (including phenoxy) is 1. The molecule has 0 spiro atoms. The lowest BCUT2D eigenvalue weighted by Crippen LogP contribution is -2.09. The molecule has 2 rings (SSSR count). The molecule has 0 radical (unpaired) electrons. The number of carbonyl (C=O) groups excluding carboxylic acids is 1. The quantitative estimate of drug-likeness (QED) is 0.648. The van der Waals surface area contributed by atoms with Crippen LogP contribution in [0.25, 0.3) is 0 Å². The Labute approximate surface area is 124 Å². The Balaban J connectivity index is 2.23. The van der Waals surface area contributed by atoms with Gasteiger partial charge in [-0.25, -0.2) is 4.79 Å². The number of esters is 1.